The van der Waals surface area contributed by atoms with E-state index in [1.165, 1.54) is 48.8 Å². The van der Waals surface area contributed by atoms with Gasteiger partial charge in [0.25, 0.3) is 5.91 Å². The van der Waals surface area contributed by atoms with Crippen molar-refractivity contribution in [2.24, 2.45) is 11.8 Å². The fourth-order valence-electron chi connectivity index (χ4n) is 4.47. The summed E-state index contributed by atoms with van der Waals surface area (Å²) in [6.45, 7) is 1.00. The molecule has 1 N–H and O–H groups in total. The molecule has 0 atom stereocenters. The molecule has 6 nitrogen and oxygen atoms in total. The Hall–Kier alpha value is -3.35. The number of aliphatic carboxylic acids is 1. The molecule has 166 valence electrons. The van der Waals surface area contributed by atoms with Crippen LogP contribution in [0.4, 0.5) is 4.39 Å². The molecule has 1 aliphatic heterocycles. The number of hydrogen-bond acceptors (Lipinski definition) is 4. The summed E-state index contributed by atoms with van der Waals surface area (Å²) in [7, 11) is 0. The topological polar surface area (TPSA) is 80.0 Å². The minimum Gasteiger partial charge on any atom is -0.493 e. The number of rotatable bonds is 6. The number of furan rings is 1. The van der Waals surface area contributed by atoms with Crippen molar-refractivity contribution in [3.8, 4) is 17.1 Å². The lowest BCUT2D eigenvalue weighted by molar-refractivity contribution is -0.146. The maximum absolute atomic E-state index is 14.8. The number of likely N-dealkylation sites (tertiary alicyclic amines) is 1. The summed E-state index contributed by atoms with van der Waals surface area (Å²) < 4.78 is 26.6. The third kappa shape index (κ3) is 3.95. The van der Waals surface area contributed by atoms with Gasteiger partial charge in [0.15, 0.2) is 0 Å². The van der Waals surface area contributed by atoms with E-state index in [0.717, 1.165) is 11.1 Å². The Balaban J connectivity index is 1.31. The number of carboxylic acid groups (broad SMARTS) is 1. The Morgan fingerprint density at radius 2 is 1.88 bits per heavy atom. The maximum Gasteiger partial charge on any atom is 0.310 e. The van der Waals surface area contributed by atoms with Crippen molar-refractivity contribution in [3.05, 3.63) is 53.8 Å². The number of ether oxygens (including phenoxy) is 1. The van der Waals surface area contributed by atoms with E-state index in [-0.39, 0.29) is 30.1 Å². The van der Waals surface area contributed by atoms with Crippen LogP contribution in [0, 0.1) is 17.7 Å². The minimum absolute atomic E-state index is 0.145. The Morgan fingerprint density at radius 3 is 2.59 bits per heavy atom. The molecule has 2 fully saturated rings. The average molecular weight is 437 g/mol. The first-order valence-electron chi connectivity index (χ1n) is 11.0. The molecule has 7 heteroatoms. The summed E-state index contributed by atoms with van der Waals surface area (Å²) in [5, 5.41) is 9.77. The Morgan fingerprint density at radius 1 is 1.09 bits per heavy atom. The highest BCUT2D eigenvalue weighted by atomic mass is 19.1. The lowest BCUT2D eigenvalue weighted by Crippen LogP contribution is -2.53. The van der Waals surface area contributed by atoms with Gasteiger partial charge in [-0.05, 0) is 61.2 Å². The van der Waals surface area contributed by atoms with Crippen LogP contribution in [0.5, 0.6) is 5.75 Å². The van der Waals surface area contributed by atoms with Crippen LogP contribution in [0.2, 0.25) is 0 Å². The van der Waals surface area contributed by atoms with E-state index in [2.05, 4.69) is 0 Å². The first-order valence-corrected chi connectivity index (χ1v) is 11.0. The third-order valence-electron chi connectivity index (χ3n) is 6.45. The molecule has 3 aromatic rings. The van der Waals surface area contributed by atoms with E-state index in [4.69, 9.17) is 14.3 Å². The molecule has 2 aliphatic rings. The van der Waals surface area contributed by atoms with Gasteiger partial charge < -0.3 is 19.2 Å². The van der Waals surface area contributed by atoms with Crippen LogP contribution >= 0.6 is 0 Å². The molecule has 1 saturated carbocycles. The van der Waals surface area contributed by atoms with Crippen molar-refractivity contribution in [3.63, 3.8) is 0 Å². The first kappa shape index (κ1) is 20.5. The largest absolute Gasteiger partial charge is 0.493 e. The Labute approximate surface area is 184 Å². The molecule has 1 aromatic heterocycles. The van der Waals surface area contributed by atoms with Gasteiger partial charge >= 0.3 is 5.97 Å². The molecule has 2 heterocycles. The maximum atomic E-state index is 14.8. The predicted molar refractivity (Wildman–Crippen MR) is 116 cm³/mol. The third-order valence-corrected chi connectivity index (χ3v) is 6.45. The van der Waals surface area contributed by atoms with Crippen molar-refractivity contribution in [2.75, 3.05) is 19.7 Å². The summed E-state index contributed by atoms with van der Waals surface area (Å²) in [4.78, 5) is 24.8. The Bertz CT molecular complexity index is 1170. The number of fused-ring (bicyclic) bond motifs is 1. The van der Waals surface area contributed by atoms with E-state index in [1.54, 1.807) is 6.07 Å². The highest BCUT2D eigenvalue weighted by molar-refractivity contribution is 5.96. The van der Waals surface area contributed by atoms with Crippen LogP contribution in [-0.2, 0) is 4.79 Å². The molecular formula is C25H24FNO5. The van der Waals surface area contributed by atoms with Gasteiger partial charge in [-0.25, -0.2) is 4.39 Å². The lowest BCUT2D eigenvalue weighted by Gasteiger charge is -2.36. The molecular weight excluding hydrogens is 413 g/mol. The van der Waals surface area contributed by atoms with Crippen LogP contribution < -0.4 is 4.74 Å². The van der Waals surface area contributed by atoms with Crippen molar-refractivity contribution in [2.45, 2.75) is 25.7 Å². The number of amides is 1. The number of nitrogens with zero attached hydrogens (tertiary/aromatic N) is 1. The number of carbonyl (C=O) groups excluding carboxylic acids is 1. The number of benzene rings is 2. The molecule has 32 heavy (non-hydrogen) atoms. The van der Waals surface area contributed by atoms with Crippen LogP contribution in [0.1, 0.15) is 36.0 Å². The highest BCUT2D eigenvalue weighted by Gasteiger charge is 2.36. The zero-order chi connectivity index (χ0) is 22.2. The van der Waals surface area contributed by atoms with Gasteiger partial charge in [-0.1, -0.05) is 12.8 Å². The van der Waals surface area contributed by atoms with Gasteiger partial charge in [0.05, 0.1) is 18.1 Å². The van der Waals surface area contributed by atoms with Crippen LogP contribution in [0.15, 0.2) is 46.9 Å². The molecule has 1 amide bonds. The smallest absolute Gasteiger partial charge is 0.310 e. The predicted octanol–water partition coefficient (Wildman–Crippen LogP) is 4.96. The van der Waals surface area contributed by atoms with Gasteiger partial charge in [-0.15, -0.1) is 0 Å². The minimum atomic E-state index is -0.924. The summed E-state index contributed by atoms with van der Waals surface area (Å²) in [5.74, 6) is -0.651. The molecule has 2 aromatic carbocycles. The second-order valence-corrected chi connectivity index (χ2v) is 8.71. The highest BCUT2D eigenvalue weighted by Crippen LogP contribution is 2.33. The second kappa shape index (κ2) is 8.30. The number of carbonyl (C=O) groups is 2. The van der Waals surface area contributed by atoms with E-state index in [1.807, 2.05) is 18.2 Å². The Kier molecular flexibility index (Phi) is 5.33. The monoisotopic (exact) mass is 437 g/mol. The molecule has 0 bridgehead atoms. The summed E-state index contributed by atoms with van der Waals surface area (Å²) in [5.41, 5.74) is 1.08. The van der Waals surface area contributed by atoms with Crippen molar-refractivity contribution < 1.29 is 28.2 Å². The van der Waals surface area contributed by atoms with Crippen LogP contribution in [0.3, 0.4) is 0 Å². The van der Waals surface area contributed by atoms with Gasteiger partial charge in [0.2, 0.25) is 0 Å². The number of carboxylic acids is 1. The zero-order valence-electron chi connectivity index (χ0n) is 17.6. The first-order chi connectivity index (χ1) is 15.5. The van der Waals surface area contributed by atoms with Gasteiger partial charge in [0.1, 0.15) is 22.9 Å². The van der Waals surface area contributed by atoms with E-state index >= 15 is 0 Å². The quantitative estimate of drug-likeness (QED) is 0.589. The standard InChI is InChI=1S/C25H24FNO5/c26-21-10-16(24(28)27-12-18(13-27)25(29)30)5-7-20(21)23-11-17-9-19(6-8-22(17)32-23)31-14-15-3-1-2-4-15/h5-11,15,18H,1-4,12-14H2,(H,29,30). The van der Waals surface area contributed by atoms with Gasteiger partial charge in [-0.2, -0.15) is 0 Å². The summed E-state index contributed by atoms with van der Waals surface area (Å²) in [6.07, 6.45) is 4.98. The zero-order valence-corrected chi connectivity index (χ0v) is 17.6. The number of hydrogen-bond donors (Lipinski definition) is 1. The lowest BCUT2D eigenvalue weighted by atomic mass is 9.98. The van der Waals surface area contributed by atoms with E-state index < -0.39 is 17.7 Å². The van der Waals surface area contributed by atoms with E-state index in [9.17, 15) is 14.0 Å². The van der Waals surface area contributed by atoms with Gasteiger partial charge in [-0.3, -0.25) is 9.59 Å². The van der Waals surface area contributed by atoms with E-state index in [0.29, 0.717) is 23.9 Å². The fourth-order valence-corrected chi connectivity index (χ4v) is 4.47. The molecule has 0 spiro atoms. The normalized spacial score (nSPS) is 17.0. The molecule has 5 rings (SSSR count). The van der Waals surface area contributed by atoms with Crippen molar-refractivity contribution >= 4 is 22.8 Å². The average Bonchev–Trinajstić information content (AvgIpc) is 3.40. The van der Waals surface area contributed by atoms with Crippen molar-refractivity contribution in [1.29, 1.82) is 0 Å². The van der Waals surface area contributed by atoms with Gasteiger partial charge in [0, 0.05) is 24.0 Å². The second-order valence-electron chi connectivity index (χ2n) is 8.71. The fraction of sp³-hybridized carbons (Fsp3) is 0.360. The molecule has 1 aliphatic carbocycles. The van der Waals surface area contributed by atoms with Crippen molar-refractivity contribution in [1.82, 2.24) is 4.90 Å². The SMILES string of the molecule is O=C(O)C1CN(C(=O)c2ccc(-c3cc4cc(OCC5CCCC5)ccc4o3)c(F)c2)C1. The molecule has 1 saturated heterocycles. The summed E-state index contributed by atoms with van der Waals surface area (Å²) >= 11 is 0. The van der Waals surface area contributed by atoms with Crippen LogP contribution in [-0.4, -0.2) is 41.6 Å². The summed E-state index contributed by atoms with van der Waals surface area (Å²) in [6, 6.07) is 11.6. The van der Waals surface area contributed by atoms with Crippen LogP contribution in [0.25, 0.3) is 22.3 Å². The molecule has 0 unspecified atom stereocenters. The number of halogens is 1. The molecule has 0 radical (unpaired) electrons.